The molecule has 2 atom stereocenters. The highest BCUT2D eigenvalue weighted by atomic mass is 16.7. The van der Waals surface area contributed by atoms with Gasteiger partial charge in [0.2, 0.25) is 0 Å². The Kier molecular flexibility index (Phi) is 47.4. The molecule has 0 spiro atoms. The summed E-state index contributed by atoms with van der Waals surface area (Å²) in [7, 11) is 5.93. The lowest BCUT2D eigenvalue weighted by molar-refractivity contribution is -0.870. The van der Waals surface area contributed by atoms with Crippen molar-refractivity contribution < 1.29 is 42.9 Å². The van der Waals surface area contributed by atoms with Gasteiger partial charge in [0.05, 0.1) is 40.8 Å². The number of nitrogens with zero attached hydrogens (tertiary/aromatic N) is 1. The van der Waals surface area contributed by atoms with Crippen molar-refractivity contribution in [2.24, 2.45) is 0 Å². The zero-order valence-corrected chi connectivity index (χ0v) is 44.4. The molecule has 0 aromatic heterocycles. The van der Waals surface area contributed by atoms with E-state index < -0.39 is 24.3 Å². The number of likely N-dealkylation sites (N-methyl/N-ethyl adjacent to an activating group) is 1. The molecule has 0 aromatic carbocycles. The second-order valence-corrected chi connectivity index (χ2v) is 18.8. The number of rotatable bonds is 48. The Morgan fingerprint density at radius 3 is 1.23 bits per heavy atom. The van der Waals surface area contributed by atoms with Crippen LogP contribution in [0.1, 0.15) is 194 Å². The van der Waals surface area contributed by atoms with Gasteiger partial charge in [-0.15, -0.1) is 0 Å². The maximum absolute atomic E-state index is 12.7. The van der Waals surface area contributed by atoms with Crippen molar-refractivity contribution in [2.45, 2.75) is 206 Å². The predicted octanol–water partition coefficient (Wildman–Crippen LogP) is 15.6. The van der Waals surface area contributed by atoms with Gasteiger partial charge in [0.25, 0.3) is 6.29 Å². The minimum absolute atomic E-state index is 0.0234. The van der Waals surface area contributed by atoms with Crippen molar-refractivity contribution >= 4 is 17.9 Å². The summed E-state index contributed by atoms with van der Waals surface area (Å²) in [6.45, 7) is 4.52. The fraction of sp³-hybridized carbons (Fsp3) is 0.650. The van der Waals surface area contributed by atoms with Crippen molar-refractivity contribution in [1.82, 2.24) is 0 Å². The Morgan fingerprint density at radius 2 is 0.826 bits per heavy atom. The SMILES string of the molecule is CC/C=C\C/C=C\C/C=C\C/C=C\C/C=C\CC(=O)OC(COC(=O)CCCCCCCCCCCCCCCCCC/C=C\C/C=C\C/C=C\C/C=C\CC)COC(OCC[N+](C)(C)C)C(=O)O. The maximum Gasteiger partial charge on any atom is 0.361 e. The van der Waals surface area contributed by atoms with Crippen LogP contribution < -0.4 is 0 Å². The first-order valence-corrected chi connectivity index (χ1v) is 27.1. The van der Waals surface area contributed by atoms with Gasteiger partial charge in [-0.3, -0.25) is 9.59 Å². The second kappa shape index (κ2) is 50.3. The van der Waals surface area contributed by atoms with Crippen molar-refractivity contribution in [3.8, 4) is 0 Å². The van der Waals surface area contributed by atoms with Crippen LogP contribution in [0, 0.1) is 0 Å². The summed E-state index contributed by atoms with van der Waals surface area (Å²) in [5.74, 6) is -2.18. The molecule has 0 aliphatic carbocycles. The monoisotopic (exact) mass is 963 g/mol. The standard InChI is InChI=1S/C60H99NO8/c1-6-8-10-12-14-16-18-20-22-23-24-25-26-27-28-29-30-31-32-33-34-35-37-38-40-42-44-46-48-50-57(62)67-54-56(55-68-60(59(64)65)66-53-52-61(3,4)5)69-58(63)51-49-47-45-43-41-39-36-21-19-17-15-13-11-9-7-2/h8-11,14-17,20-22,24-25,36,41,43,47,49,56,60H,6-7,12-13,18-19,23,26-35,37-40,42,44-46,48,50-55H2,1-5H3/p+1/b10-8-,11-9-,16-14-,17-15-,22-20-,25-24-,36-21-,43-41-,49-47-. The molecule has 0 amide bonds. The smallest absolute Gasteiger partial charge is 0.361 e. The minimum Gasteiger partial charge on any atom is -0.477 e. The topological polar surface area (TPSA) is 108 Å². The third-order valence-corrected chi connectivity index (χ3v) is 11.1. The lowest BCUT2D eigenvalue weighted by Crippen LogP contribution is -2.40. The first-order valence-electron chi connectivity index (χ1n) is 27.1. The molecule has 0 saturated heterocycles. The van der Waals surface area contributed by atoms with Gasteiger partial charge in [-0.2, -0.15) is 0 Å². The molecule has 0 heterocycles. The first kappa shape index (κ1) is 65.0. The molecule has 2 unspecified atom stereocenters. The molecule has 1 N–H and O–H groups in total. The molecule has 69 heavy (non-hydrogen) atoms. The molecule has 0 aromatic rings. The summed E-state index contributed by atoms with van der Waals surface area (Å²) in [6, 6.07) is 0. The maximum atomic E-state index is 12.7. The Bertz CT molecular complexity index is 1490. The quantitative estimate of drug-likeness (QED) is 0.0211. The van der Waals surface area contributed by atoms with E-state index in [2.05, 4.69) is 105 Å². The lowest BCUT2D eigenvalue weighted by Gasteiger charge is -2.25. The number of quaternary nitrogens is 1. The zero-order chi connectivity index (χ0) is 50.6. The highest BCUT2D eigenvalue weighted by molar-refractivity contribution is 5.72. The molecule has 0 bridgehead atoms. The summed E-state index contributed by atoms with van der Waals surface area (Å²) < 4.78 is 22.7. The average molecular weight is 963 g/mol. The Balaban J connectivity index is 4.26. The van der Waals surface area contributed by atoms with Crippen molar-refractivity contribution in [3.63, 3.8) is 0 Å². The molecular formula is C60H100NO8+. The van der Waals surface area contributed by atoms with E-state index in [4.69, 9.17) is 18.9 Å². The van der Waals surface area contributed by atoms with Gasteiger partial charge in [0, 0.05) is 6.42 Å². The fourth-order valence-electron chi connectivity index (χ4n) is 6.96. The van der Waals surface area contributed by atoms with Crippen LogP contribution in [-0.2, 0) is 33.3 Å². The number of allylic oxidation sites excluding steroid dienone is 17. The van der Waals surface area contributed by atoms with Gasteiger partial charge in [-0.05, 0) is 77.0 Å². The van der Waals surface area contributed by atoms with Gasteiger partial charge >= 0.3 is 17.9 Å². The lowest BCUT2D eigenvalue weighted by atomic mass is 10.0. The summed E-state index contributed by atoms with van der Waals surface area (Å²) in [5, 5.41) is 9.66. The summed E-state index contributed by atoms with van der Waals surface area (Å²) in [6.07, 6.45) is 66.3. The van der Waals surface area contributed by atoms with Gasteiger partial charge < -0.3 is 28.5 Å². The Labute approximate surface area is 422 Å². The van der Waals surface area contributed by atoms with Crippen LogP contribution in [0.15, 0.2) is 109 Å². The van der Waals surface area contributed by atoms with E-state index in [1.807, 2.05) is 33.3 Å². The van der Waals surface area contributed by atoms with Crippen LogP contribution in [0.4, 0.5) is 0 Å². The number of esters is 2. The molecule has 0 aliphatic rings. The van der Waals surface area contributed by atoms with Crippen molar-refractivity contribution in [2.75, 3.05) is 47.5 Å². The normalized spacial score (nSPS) is 13.7. The minimum atomic E-state index is -1.54. The van der Waals surface area contributed by atoms with E-state index in [9.17, 15) is 19.5 Å². The van der Waals surface area contributed by atoms with Crippen molar-refractivity contribution in [1.29, 1.82) is 0 Å². The van der Waals surface area contributed by atoms with E-state index >= 15 is 0 Å². The van der Waals surface area contributed by atoms with Crippen molar-refractivity contribution in [3.05, 3.63) is 109 Å². The number of aliphatic carboxylic acids is 1. The van der Waals surface area contributed by atoms with E-state index in [1.165, 1.54) is 89.9 Å². The number of hydrogen-bond acceptors (Lipinski definition) is 7. The van der Waals surface area contributed by atoms with Gasteiger partial charge in [0.15, 0.2) is 6.10 Å². The Morgan fingerprint density at radius 1 is 0.449 bits per heavy atom. The van der Waals surface area contributed by atoms with Gasteiger partial charge in [-0.1, -0.05) is 213 Å². The zero-order valence-electron chi connectivity index (χ0n) is 44.4. The van der Waals surface area contributed by atoms with Gasteiger partial charge in [-0.25, -0.2) is 4.79 Å². The second-order valence-electron chi connectivity index (χ2n) is 18.8. The molecule has 9 nitrogen and oxygen atoms in total. The number of carbonyl (C=O) groups excluding carboxylic acids is 2. The first-order chi connectivity index (χ1) is 33.6. The number of ether oxygens (including phenoxy) is 4. The molecule has 0 radical (unpaired) electrons. The molecule has 9 heteroatoms. The largest absolute Gasteiger partial charge is 0.477 e. The van der Waals surface area contributed by atoms with E-state index in [-0.39, 0.29) is 38.6 Å². The van der Waals surface area contributed by atoms with Gasteiger partial charge in [0.1, 0.15) is 13.2 Å². The molecular weight excluding hydrogens is 863 g/mol. The van der Waals surface area contributed by atoms with Crippen LogP contribution in [0.25, 0.3) is 0 Å². The van der Waals surface area contributed by atoms with E-state index in [1.54, 1.807) is 6.08 Å². The number of carboxylic acid groups (broad SMARTS) is 1. The van der Waals surface area contributed by atoms with Crippen LogP contribution in [-0.4, -0.2) is 87.4 Å². The number of carbonyl (C=O) groups is 3. The Hall–Kier alpha value is -4.05. The number of carboxylic acids is 1. The molecule has 0 aliphatic heterocycles. The van der Waals surface area contributed by atoms with E-state index in [0.717, 1.165) is 70.6 Å². The highest BCUT2D eigenvalue weighted by Gasteiger charge is 2.25. The van der Waals surface area contributed by atoms with Crippen LogP contribution in [0.3, 0.4) is 0 Å². The summed E-state index contributed by atoms with van der Waals surface area (Å²) in [4.78, 5) is 37.2. The number of hydrogen-bond donors (Lipinski definition) is 1. The number of unbranched alkanes of at least 4 members (excludes halogenated alkanes) is 16. The van der Waals surface area contributed by atoms with Crippen LogP contribution in [0.5, 0.6) is 0 Å². The van der Waals surface area contributed by atoms with Crippen LogP contribution >= 0.6 is 0 Å². The molecule has 0 saturated carbocycles. The van der Waals surface area contributed by atoms with Crippen LogP contribution in [0.2, 0.25) is 0 Å². The average Bonchev–Trinajstić information content (AvgIpc) is 3.31. The fourth-order valence-corrected chi connectivity index (χ4v) is 6.96. The third-order valence-electron chi connectivity index (χ3n) is 11.1. The summed E-state index contributed by atoms with van der Waals surface area (Å²) >= 11 is 0. The molecule has 392 valence electrons. The van der Waals surface area contributed by atoms with E-state index in [0.29, 0.717) is 17.4 Å². The molecule has 0 fully saturated rings. The third kappa shape index (κ3) is 51.6. The highest BCUT2D eigenvalue weighted by Crippen LogP contribution is 2.15. The molecule has 0 rings (SSSR count). The predicted molar refractivity (Wildman–Crippen MR) is 290 cm³/mol. The summed E-state index contributed by atoms with van der Waals surface area (Å²) in [5.41, 5.74) is 0.